The summed E-state index contributed by atoms with van der Waals surface area (Å²) in [6.07, 6.45) is 0. The van der Waals surface area contributed by atoms with Crippen LogP contribution in [0.2, 0.25) is 0 Å². The predicted octanol–water partition coefficient (Wildman–Crippen LogP) is 5.06. The molecule has 0 aliphatic heterocycles. The minimum absolute atomic E-state index is 0.160. The molecular formula is C26H28N2O5. The zero-order valence-corrected chi connectivity index (χ0v) is 19.0. The van der Waals surface area contributed by atoms with E-state index >= 15 is 0 Å². The first-order valence-electron chi connectivity index (χ1n) is 10.8. The smallest absolute Gasteiger partial charge is 0.262 e. The fourth-order valence-electron chi connectivity index (χ4n) is 3.14. The van der Waals surface area contributed by atoms with Crippen LogP contribution in [0, 0.1) is 6.92 Å². The topological polar surface area (TPSA) is 85.9 Å². The van der Waals surface area contributed by atoms with E-state index in [-0.39, 0.29) is 18.4 Å². The van der Waals surface area contributed by atoms with E-state index in [2.05, 4.69) is 10.6 Å². The minimum Gasteiger partial charge on any atom is -0.492 e. The number of para-hydroxylation sites is 1. The Kier molecular flexibility index (Phi) is 8.30. The van der Waals surface area contributed by atoms with Gasteiger partial charge in [-0.15, -0.1) is 0 Å². The molecule has 7 heteroatoms. The molecule has 0 heterocycles. The SMILES string of the molecule is CCOc1cc(NC(=O)c2ccccc2)c(OCC)cc1NC(=O)COc1ccccc1C. The summed E-state index contributed by atoms with van der Waals surface area (Å²) < 4.78 is 17.1. The number of carbonyl (C=O) groups excluding carboxylic acids is 2. The van der Waals surface area contributed by atoms with Crippen molar-refractivity contribution < 1.29 is 23.8 Å². The monoisotopic (exact) mass is 448 g/mol. The highest BCUT2D eigenvalue weighted by Crippen LogP contribution is 2.37. The van der Waals surface area contributed by atoms with Crippen molar-refractivity contribution in [3.8, 4) is 17.2 Å². The molecule has 0 saturated carbocycles. The summed E-state index contributed by atoms with van der Waals surface area (Å²) in [5.41, 5.74) is 2.33. The lowest BCUT2D eigenvalue weighted by molar-refractivity contribution is -0.118. The van der Waals surface area contributed by atoms with Gasteiger partial charge in [0, 0.05) is 17.7 Å². The number of amides is 2. The summed E-state index contributed by atoms with van der Waals surface area (Å²) in [6, 6.07) is 19.6. The molecule has 0 unspecified atom stereocenters. The maximum Gasteiger partial charge on any atom is 0.262 e. The second-order valence-electron chi connectivity index (χ2n) is 7.13. The summed E-state index contributed by atoms with van der Waals surface area (Å²) in [5.74, 6) is 0.853. The first-order chi connectivity index (χ1) is 16.0. The molecule has 0 aromatic heterocycles. The molecule has 2 N–H and O–H groups in total. The largest absolute Gasteiger partial charge is 0.492 e. The summed E-state index contributed by atoms with van der Waals surface area (Å²) >= 11 is 0. The van der Waals surface area contributed by atoms with Crippen molar-refractivity contribution in [3.05, 3.63) is 77.9 Å². The van der Waals surface area contributed by atoms with E-state index in [1.165, 1.54) is 0 Å². The molecule has 7 nitrogen and oxygen atoms in total. The second-order valence-corrected chi connectivity index (χ2v) is 7.13. The molecule has 0 saturated heterocycles. The maximum atomic E-state index is 12.7. The Morgan fingerprint density at radius 3 is 1.91 bits per heavy atom. The average molecular weight is 449 g/mol. The number of ether oxygens (including phenoxy) is 3. The number of hydrogen-bond donors (Lipinski definition) is 2. The van der Waals surface area contributed by atoms with Crippen LogP contribution in [0.4, 0.5) is 11.4 Å². The molecule has 0 aliphatic carbocycles. The van der Waals surface area contributed by atoms with Gasteiger partial charge in [0.1, 0.15) is 17.2 Å². The van der Waals surface area contributed by atoms with Gasteiger partial charge in [-0.05, 0) is 44.5 Å². The number of carbonyl (C=O) groups is 2. The van der Waals surface area contributed by atoms with Crippen LogP contribution in [0.5, 0.6) is 17.2 Å². The molecule has 0 radical (unpaired) electrons. The normalized spacial score (nSPS) is 10.3. The third kappa shape index (κ3) is 6.49. The number of benzene rings is 3. The van der Waals surface area contributed by atoms with Gasteiger partial charge in [0.15, 0.2) is 6.61 Å². The van der Waals surface area contributed by atoms with Crippen molar-refractivity contribution in [3.63, 3.8) is 0 Å². The summed E-state index contributed by atoms with van der Waals surface area (Å²) in [5, 5.41) is 5.68. The van der Waals surface area contributed by atoms with Gasteiger partial charge < -0.3 is 24.8 Å². The Hall–Kier alpha value is -4.00. The molecule has 0 atom stereocenters. The molecule has 0 bridgehead atoms. The Morgan fingerprint density at radius 2 is 1.30 bits per heavy atom. The molecular weight excluding hydrogens is 420 g/mol. The van der Waals surface area contributed by atoms with E-state index in [1.807, 2.05) is 51.1 Å². The lowest BCUT2D eigenvalue weighted by Crippen LogP contribution is -2.21. The molecule has 172 valence electrons. The third-order valence-electron chi connectivity index (χ3n) is 4.69. The average Bonchev–Trinajstić information content (AvgIpc) is 2.82. The third-order valence-corrected chi connectivity index (χ3v) is 4.69. The van der Waals surface area contributed by atoms with Crippen LogP contribution in [-0.2, 0) is 4.79 Å². The number of nitrogens with one attached hydrogen (secondary N) is 2. The second kappa shape index (κ2) is 11.6. The van der Waals surface area contributed by atoms with E-state index in [1.54, 1.807) is 36.4 Å². The fourth-order valence-corrected chi connectivity index (χ4v) is 3.14. The van der Waals surface area contributed by atoms with Crippen LogP contribution in [0.15, 0.2) is 66.7 Å². The van der Waals surface area contributed by atoms with Crippen molar-refractivity contribution in [2.75, 3.05) is 30.5 Å². The zero-order chi connectivity index (χ0) is 23.6. The lowest BCUT2D eigenvalue weighted by Gasteiger charge is -2.18. The van der Waals surface area contributed by atoms with Crippen LogP contribution >= 0.6 is 0 Å². The Labute approximate surface area is 193 Å². The summed E-state index contributed by atoms with van der Waals surface area (Å²) in [4.78, 5) is 25.2. The van der Waals surface area contributed by atoms with Gasteiger partial charge in [0.25, 0.3) is 11.8 Å². The van der Waals surface area contributed by atoms with Crippen LogP contribution in [0.1, 0.15) is 29.8 Å². The van der Waals surface area contributed by atoms with Crippen molar-refractivity contribution >= 4 is 23.2 Å². The number of hydrogen-bond acceptors (Lipinski definition) is 5. The first-order valence-corrected chi connectivity index (χ1v) is 10.8. The van der Waals surface area contributed by atoms with Crippen molar-refractivity contribution in [2.45, 2.75) is 20.8 Å². The van der Waals surface area contributed by atoms with E-state index in [0.717, 1.165) is 5.56 Å². The van der Waals surface area contributed by atoms with Gasteiger partial charge in [-0.2, -0.15) is 0 Å². The van der Waals surface area contributed by atoms with E-state index in [4.69, 9.17) is 14.2 Å². The Bertz CT molecular complexity index is 1100. The molecule has 3 rings (SSSR count). The highest BCUT2D eigenvalue weighted by atomic mass is 16.5. The Morgan fingerprint density at radius 1 is 0.727 bits per heavy atom. The molecule has 3 aromatic carbocycles. The van der Waals surface area contributed by atoms with Gasteiger partial charge in [0.2, 0.25) is 0 Å². The van der Waals surface area contributed by atoms with Crippen LogP contribution in [0.25, 0.3) is 0 Å². The summed E-state index contributed by atoms with van der Waals surface area (Å²) in [6.45, 7) is 6.19. The first kappa shape index (κ1) is 23.7. The fraction of sp³-hybridized carbons (Fsp3) is 0.231. The minimum atomic E-state index is -0.345. The van der Waals surface area contributed by atoms with Gasteiger partial charge in [-0.25, -0.2) is 0 Å². The van der Waals surface area contributed by atoms with Gasteiger partial charge in [-0.3, -0.25) is 9.59 Å². The lowest BCUT2D eigenvalue weighted by atomic mass is 10.2. The van der Waals surface area contributed by atoms with Gasteiger partial charge in [0.05, 0.1) is 24.6 Å². The Balaban J connectivity index is 1.80. The van der Waals surface area contributed by atoms with Crippen LogP contribution < -0.4 is 24.8 Å². The summed E-state index contributed by atoms with van der Waals surface area (Å²) in [7, 11) is 0. The van der Waals surface area contributed by atoms with Gasteiger partial charge in [-0.1, -0.05) is 36.4 Å². The molecule has 0 fully saturated rings. The maximum absolute atomic E-state index is 12.7. The number of rotatable bonds is 10. The molecule has 0 spiro atoms. The molecule has 33 heavy (non-hydrogen) atoms. The van der Waals surface area contributed by atoms with E-state index in [9.17, 15) is 9.59 Å². The van der Waals surface area contributed by atoms with Crippen LogP contribution in [-0.4, -0.2) is 31.6 Å². The van der Waals surface area contributed by atoms with Gasteiger partial charge >= 0.3 is 0 Å². The highest BCUT2D eigenvalue weighted by Gasteiger charge is 2.17. The molecule has 0 aliphatic rings. The number of aryl methyl sites for hydroxylation is 1. The molecule has 2 amide bonds. The molecule has 3 aromatic rings. The van der Waals surface area contributed by atoms with Crippen molar-refractivity contribution in [1.82, 2.24) is 0 Å². The van der Waals surface area contributed by atoms with E-state index < -0.39 is 0 Å². The number of anilines is 2. The van der Waals surface area contributed by atoms with Crippen molar-refractivity contribution in [1.29, 1.82) is 0 Å². The van der Waals surface area contributed by atoms with Crippen LogP contribution in [0.3, 0.4) is 0 Å². The predicted molar refractivity (Wildman–Crippen MR) is 128 cm³/mol. The highest BCUT2D eigenvalue weighted by molar-refractivity contribution is 6.05. The van der Waals surface area contributed by atoms with Crippen molar-refractivity contribution in [2.24, 2.45) is 0 Å². The zero-order valence-electron chi connectivity index (χ0n) is 19.0. The standard InChI is InChI=1S/C26H28N2O5/c1-4-31-23-16-21(28-26(30)19-12-7-6-8-13-19)24(32-5-2)15-20(23)27-25(29)17-33-22-14-10-9-11-18(22)3/h6-16H,4-5,17H2,1-3H3,(H,27,29)(H,28,30). The quantitative estimate of drug-likeness (QED) is 0.453. The van der Waals surface area contributed by atoms with E-state index in [0.29, 0.717) is 47.4 Å².